The SMILES string of the molecule is CCCc1ccc(-c2csc(NC(=O)Cn3nc(C4CC4)cc(C(F)(F)F)c3=O)n2)cc1. The molecule has 3 aromatic rings. The van der Waals surface area contributed by atoms with Gasteiger partial charge >= 0.3 is 6.18 Å². The van der Waals surface area contributed by atoms with Crippen molar-refractivity contribution in [2.45, 2.75) is 51.2 Å². The quantitative estimate of drug-likeness (QED) is 0.544. The number of rotatable bonds is 7. The first-order valence-corrected chi connectivity index (χ1v) is 11.2. The Morgan fingerprint density at radius 3 is 2.59 bits per heavy atom. The van der Waals surface area contributed by atoms with Gasteiger partial charge in [-0.3, -0.25) is 9.59 Å². The van der Waals surface area contributed by atoms with Crippen LogP contribution in [0.15, 0.2) is 40.5 Å². The Labute approximate surface area is 186 Å². The Morgan fingerprint density at radius 2 is 1.97 bits per heavy atom. The van der Waals surface area contributed by atoms with E-state index in [-0.39, 0.29) is 11.6 Å². The van der Waals surface area contributed by atoms with Gasteiger partial charge in [-0.25, -0.2) is 9.67 Å². The second kappa shape index (κ2) is 8.85. The van der Waals surface area contributed by atoms with Crippen molar-refractivity contribution in [2.24, 2.45) is 0 Å². The molecule has 2 heterocycles. The number of anilines is 1. The number of nitrogens with one attached hydrogen (secondary N) is 1. The summed E-state index contributed by atoms with van der Waals surface area (Å²) < 4.78 is 40.4. The van der Waals surface area contributed by atoms with Crippen molar-refractivity contribution in [3.05, 3.63) is 62.9 Å². The van der Waals surface area contributed by atoms with Gasteiger partial charge < -0.3 is 5.32 Å². The van der Waals surface area contributed by atoms with Crippen molar-refractivity contribution in [3.63, 3.8) is 0 Å². The molecule has 168 valence electrons. The molecule has 1 amide bonds. The van der Waals surface area contributed by atoms with Crippen LogP contribution in [0, 0.1) is 0 Å². The van der Waals surface area contributed by atoms with Crippen LogP contribution in [0.2, 0.25) is 0 Å². The standard InChI is InChI=1S/C22H21F3N4O2S/c1-2-3-13-4-6-15(7-5-13)18-12-32-21(26-18)27-19(30)11-29-20(31)16(22(23,24)25)10-17(28-29)14-8-9-14/h4-7,10,12,14H,2-3,8-9,11H2,1H3,(H,26,27,30). The molecule has 1 saturated carbocycles. The Kier molecular flexibility index (Phi) is 6.14. The molecular weight excluding hydrogens is 441 g/mol. The van der Waals surface area contributed by atoms with Crippen LogP contribution in [0.25, 0.3) is 11.3 Å². The zero-order valence-corrected chi connectivity index (χ0v) is 18.1. The molecule has 6 nitrogen and oxygen atoms in total. The van der Waals surface area contributed by atoms with Crippen molar-refractivity contribution < 1.29 is 18.0 Å². The lowest BCUT2D eigenvalue weighted by atomic mass is 10.1. The maximum atomic E-state index is 13.3. The van der Waals surface area contributed by atoms with E-state index < -0.39 is 29.8 Å². The zero-order valence-electron chi connectivity index (χ0n) is 17.3. The van der Waals surface area contributed by atoms with E-state index in [4.69, 9.17) is 0 Å². The van der Waals surface area contributed by atoms with Crippen LogP contribution >= 0.6 is 11.3 Å². The summed E-state index contributed by atoms with van der Waals surface area (Å²) in [6.45, 7) is 1.49. The minimum absolute atomic E-state index is 0.101. The first-order chi connectivity index (χ1) is 15.2. The van der Waals surface area contributed by atoms with E-state index in [2.05, 4.69) is 22.3 Å². The van der Waals surface area contributed by atoms with E-state index >= 15 is 0 Å². The van der Waals surface area contributed by atoms with Gasteiger partial charge in [-0.2, -0.15) is 18.3 Å². The number of nitrogens with zero attached hydrogens (tertiary/aromatic N) is 3. The molecule has 0 unspecified atom stereocenters. The lowest BCUT2D eigenvalue weighted by Gasteiger charge is -2.12. The molecule has 1 N–H and O–H groups in total. The van der Waals surface area contributed by atoms with Gasteiger partial charge in [-0.15, -0.1) is 11.3 Å². The molecule has 10 heteroatoms. The van der Waals surface area contributed by atoms with Gasteiger partial charge in [-0.05, 0) is 30.9 Å². The fourth-order valence-electron chi connectivity index (χ4n) is 3.34. The molecule has 1 aromatic carbocycles. The third-order valence-corrected chi connectivity index (χ3v) is 5.88. The predicted octanol–water partition coefficient (Wildman–Crippen LogP) is 4.85. The number of benzene rings is 1. The summed E-state index contributed by atoms with van der Waals surface area (Å²) in [5.74, 6) is -0.767. The second-order valence-electron chi connectivity index (χ2n) is 7.75. The maximum absolute atomic E-state index is 13.3. The van der Waals surface area contributed by atoms with E-state index in [0.29, 0.717) is 15.5 Å². The Hall–Kier alpha value is -3.01. The lowest BCUT2D eigenvalue weighted by Crippen LogP contribution is -2.35. The molecule has 1 fully saturated rings. The minimum atomic E-state index is -4.81. The Balaban J connectivity index is 1.49. The van der Waals surface area contributed by atoms with E-state index in [0.717, 1.165) is 37.3 Å². The molecule has 0 radical (unpaired) electrons. The van der Waals surface area contributed by atoms with Crippen molar-refractivity contribution in [1.82, 2.24) is 14.8 Å². The van der Waals surface area contributed by atoms with Crippen LogP contribution in [0.1, 0.15) is 48.9 Å². The number of halogens is 3. The first kappa shape index (κ1) is 22.2. The summed E-state index contributed by atoms with van der Waals surface area (Å²) in [5.41, 5.74) is 0.358. The number of hydrogen-bond donors (Lipinski definition) is 1. The highest BCUT2D eigenvalue weighted by atomic mass is 32.1. The summed E-state index contributed by atoms with van der Waals surface area (Å²) in [6.07, 6.45) is -1.33. The Morgan fingerprint density at radius 1 is 1.25 bits per heavy atom. The minimum Gasteiger partial charge on any atom is -0.300 e. The summed E-state index contributed by atoms with van der Waals surface area (Å²) >= 11 is 1.20. The van der Waals surface area contributed by atoms with E-state index in [9.17, 15) is 22.8 Å². The largest absolute Gasteiger partial charge is 0.421 e. The van der Waals surface area contributed by atoms with Crippen molar-refractivity contribution >= 4 is 22.4 Å². The van der Waals surface area contributed by atoms with Crippen LogP contribution in [-0.4, -0.2) is 20.7 Å². The number of hydrogen-bond acceptors (Lipinski definition) is 5. The summed E-state index contributed by atoms with van der Waals surface area (Å²) in [5, 5.41) is 8.62. The zero-order chi connectivity index (χ0) is 22.9. The van der Waals surface area contributed by atoms with E-state index in [1.165, 1.54) is 16.9 Å². The molecule has 1 aliphatic rings. The monoisotopic (exact) mass is 462 g/mol. The van der Waals surface area contributed by atoms with Crippen LogP contribution < -0.4 is 10.9 Å². The van der Waals surface area contributed by atoms with E-state index in [1.54, 1.807) is 5.38 Å². The number of carbonyl (C=O) groups excluding carboxylic acids is 1. The number of aromatic nitrogens is 3. The summed E-state index contributed by atoms with van der Waals surface area (Å²) in [6, 6.07) is 8.76. The van der Waals surface area contributed by atoms with Crippen molar-refractivity contribution in [3.8, 4) is 11.3 Å². The molecule has 0 saturated heterocycles. The first-order valence-electron chi connectivity index (χ1n) is 10.3. The van der Waals surface area contributed by atoms with Crippen molar-refractivity contribution in [2.75, 3.05) is 5.32 Å². The van der Waals surface area contributed by atoms with Gasteiger partial charge in [0.25, 0.3) is 5.56 Å². The van der Waals surface area contributed by atoms with Gasteiger partial charge in [0.15, 0.2) is 5.13 Å². The average Bonchev–Trinajstić information content (AvgIpc) is 3.49. The summed E-state index contributed by atoms with van der Waals surface area (Å²) in [4.78, 5) is 29.0. The topological polar surface area (TPSA) is 76.9 Å². The van der Waals surface area contributed by atoms with Crippen LogP contribution in [0.4, 0.5) is 18.3 Å². The predicted molar refractivity (Wildman–Crippen MR) is 116 cm³/mol. The molecule has 0 bridgehead atoms. The normalized spacial score (nSPS) is 13.9. The average molecular weight is 462 g/mol. The van der Waals surface area contributed by atoms with Gasteiger partial charge in [0.05, 0.1) is 11.4 Å². The van der Waals surface area contributed by atoms with E-state index in [1.807, 2.05) is 24.3 Å². The van der Waals surface area contributed by atoms with Gasteiger partial charge in [0, 0.05) is 16.9 Å². The van der Waals surface area contributed by atoms with Crippen LogP contribution in [-0.2, 0) is 23.9 Å². The number of amides is 1. The molecule has 0 spiro atoms. The van der Waals surface area contributed by atoms with Gasteiger partial charge in [0.1, 0.15) is 12.1 Å². The number of aryl methyl sites for hydroxylation is 1. The third-order valence-electron chi connectivity index (χ3n) is 5.13. The molecule has 32 heavy (non-hydrogen) atoms. The van der Waals surface area contributed by atoms with Crippen LogP contribution in [0.5, 0.6) is 0 Å². The highest BCUT2D eigenvalue weighted by Crippen LogP contribution is 2.40. The van der Waals surface area contributed by atoms with Crippen LogP contribution in [0.3, 0.4) is 0 Å². The summed E-state index contributed by atoms with van der Waals surface area (Å²) in [7, 11) is 0. The molecule has 2 aromatic heterocycles. The number of alkyl halides is 3. The Bertz CT molecular complexity index is 1180. The number of carbonyl (C=O) groups is 1. The highest BCUT2D eigenvalue weighted by molar-refractivity contribution is 7.14. The third kappa shape index (κ3) is 5.07. The molecule has 1 aliphatic carbocycles. The molecule has 0 atom stereocenters. The molecule has 4 rings (SSSR count). The molecule has 0 aliphatic heterocycles. The fraction of sp³-hybridized carbons (Fsp3) is 0.364. The van der Waals surface area contributed by atoms with Gasteiger partial charge in [-0.1, -0.05) is 37.6 Å². The lowest BCUT2D eigenvalue weighted by molar-refractivity contribution is -0.139. The highest BCUT2D eigenvalue weighted by Gasteiger charge is 2.37. The maximum Gasteiger partial charge on any atom is 0.421 e. The smallest absolute Gasteiger partial charge is 0.300 e. The molecular formula is C22H21F3N4O2S. The fourth-order valence-corrected chi connectivity index (χ4v) is 4.08. The van der Waals surface area contributed by atoms with Gasteiger partial charge in [0.2, 0.25) is 5.91 Å². The second-order valence-corrected chi connectivity index (χ2v) is 8.61. The van der Waals surface area contributed by atoms with Crippen molar-refractivity contribution in [1.29, 1.82) is 0 Å². The number of thiazole rings is 1.